The number of nitrogens with one attached hydrogen (secondary N) is 1. The molecule has 0 bridgehead atoms. The second-order valence-corrected chi connectivity index (χ2v) is 6.46. The number of aromatic nitrogens is 2. The highest BCUT2D eigenvalue weighted by atomic mass is 35.5. The Bertz CT molecular complexity index is 821. The van der Waals surface area contributed by atoms with Gasteiger partial charge in [0, 0.05) is 5.56 Å². The maximum atomic E-state index is 12.0. The van der Waals surface area contributed by atoms with Gasteiger partial charge >= 0.3 is 0 Å². The molecule has 5 nitrogen and oxygen atoms in total. The molecule has 8 heteroatoms. The molecule has 1 aromatic carbocycles. The van der Waals surface area contributed by atoms with Gasteiger partial charge in [-0.15, -0.1) is 0 Å². The fraction of sp³-hybridized carbons (Fsp3) is 0.267. The first-order valence-electron chi connectivity index (χ1n) is 6.61. The molecule has 2 rings (SSSR count). The lowest BCUT2D eigenvalue weighted by molar-refractivity contribution is 0.243. The topological polar surface area (TPSA) is 78.8 Å². The highest BCUT2D eigenvalue weighted by Crippen LogP contribution is 2.38. The lowest BCUT2D eigenvalue weighted by atomic mass is 10.1. The summed E-state index contributed by atoms with van der Waals surface area (Å²) in [7, 11) is 0. The number of halogens is 2. The summed E-state index contributed by atoms with van der Waals surface area (Å²) in [5.41, 5.74) is 0.124. The van der Waals surface area contributed by atoms with Crippen molar-refractivity contribution < 1.29 is 4.74 Å². The highest BCUT2D eigenvalue weighted by molar-refractivity contribution is 7.98. The number of H-pyrrole nitrogens is 1. The third-order valence-electron chi connectivity index (χ3n) is 2.83. The van der Waals surface area contributed by atoms with Gasteiger partial charge < -0.3 is 9.72 Å². The van der Waals surface area contributed by atoms with Gasteiger partial charge in [0.25, 0.3) is 5.56 Å². The normalized spacial score (nSPS) is 10.7. The van der Waals surface area contributed by atoms with Crippen molar-refractivity contribution in [2.24, 2.45) is 0 Å². The molecule has 0 aliphatic heterocycles. The van der Waals surface area contributed by atoms with Crippen LogP contribution < -0.4 is 10.3 Å². The van der Waals surface area contributed by atoms with Crippen molar-refractivity contribution in [3.63, 3.8) is 0 Å². The molecule has 0 saturated heterocycles. The number of hydrogen-bond acceptors (Lipinski definition) is 5. The Kier molecular flexibility index (Phi) is 5.58. The Labute approximate surface area is 147 Å². The van der Waals surface area contributed by atoms with Gasteiger partial charge in [0.15, 0.2) is 10.9 Å². The Hall–Kier alpha value is -1.68. The molecule has 0 radical (unpaired) electrons. The van der Waals surface area contributed by atoms with Crippen molar-refractivity contribution >= 4 is 35.0 Å². The molecular formula is C15H13Cl2N3O2S. The zero-order valence-corrected chi connectivity index (χ0v) is 14.9. The Morgan fingerprint density at radius 3 is 2.43 bits per heavy atom. The molecule has 0 spiro atoms. The van der Waals surface area contributed by atoms with E-state index in [-0.39, 0.29) is 27.4 Å². The summed E-state index contributed by atoms with van der Waals surface area (Å²) < 4.78 is 5.57. The number of benzene rings is 1. The van der Waals surface area contributed by atoms with Gasteiger partial charge in [0.1, 0.15) is 11.6 Å². The number of nitrogens with zero attached hydrogens (tertiary/aromatic N) is 2. The lowest BCUT2D eigenvalue weighted by Crippen LogP contribution is -2.14. The highest BCUT2D eigenvalue weighted by Gasteiger charge is 2.17. The van der Waals surface area contributed by atoms with Gasteiger partial charge in [-0.1, -0.05) is 35.0 Å². The number of nitriles is 1. The molecule has 0 fully saturated rings. The van der Waals surface area contributed by atoms with Crippen LogP contribution in [0.2, 0.25) is 10.0 Å². The number of thioether (sulfide) groups is 1. The van der Waals surface area contributed by atoms with E-state index in [1.807, 2.05) is 19.9 Å². The van der Waals surface area contributed by atoms with Crippen LogP contribution in [-0.2, 0) is 0 Å². The van der Waals surface area contributed by atoms with E-state index in [1.165, 1.54) is 11.8 Å². The van der Waals surface area contributed by atoms with E-state index in [9.17, 15) is 10.1 Å². The summed E-state index contributed by atoms with van der Waals surface area (Å²) in [6.07, 6.45) is 1.68. The van der Waals surface area contributed by atoms with Gasteiger partial charge in [0.05, 0.1) is 21.8 Å². The van der Waals surface area contributed by atoms with Crippen molar-refractivity contribution in [2.45, 2.75) is 25.1 Å². The van der Waals surface area contributed by atoms with Gasteiger partial charge in [-0.05, 0) is 32.2 Å². The van der Waals surface area contributed by atoms with E-state index in [0.29, 0.717) is 16.5 Å². The molecule has 0 aliphatic rings. The Morgan fingerprint density at radius 1 is 1.35 bits per heavy atom. The monoisotopic (exact) mass is 369 g/mol. The van der Waals surface area contributed by atoms with Crippen LogP contribution in [0.5, 0.6) is 5.75 Å². The van der Waals surface area contributed by atoms with Crippen molar-refractivity contribution in [3.05, 3.63) is 38.1 Å². The van der Waals surface area contributed by atoms with Crippen molar-refractivity contribution in [1.82, 2.24) is 9.97 Å². The largest absolute Gasteiger partial charge is 0.488 e. The molecule has 0 unspecified atom stereocenters. The average molecular weight is 370 g/mol. The van der Waals surface area contributed by atoms with Crippen LogP contribution >= 0.6 is 35.0 Å². The van der Waals surface area contributed by atoms with Crippen LogP contribution in [0.3, 0.4) is 0 Å². The van der Waals surface area contributed by atoms with E-state index >= 15 is 0 Å². The minimum atomic E-state index is -0.503. The Balaban J connectivity index is 2.66. The number of aromatic amines is 1. The molecule has 2 aromatic rings. The third-order valence-corrected chi connectivity index (χ3v) is 3.97. The minimum absolute atomic E-state index is 0.0903. The number of rotatable bonds is 4. The zero-order valence-electron chi connectivity index (χ0n) is 12.6. The van der Waals surface area contributed by atoms with Crippen LogP contribution in [0, 0.1) is 11.3 Å². The molecule has 1 aromatic heterocycles. The second-order valence-electron chi connectivity index (χ2n) is 4.85. The fourth-order valence-corrected chi connectivity index (χ4v) is 2.86. The van der Waals surface area contributed by atoms with Gasteiger partial charge in [0.2, 0.25) is 0 Å². The Morgan fingerprint density at radius 2 is 1.96 bits per heavy atom. The van der Waals surface area contributed by atoms with Gasteiger partial charge in [-0.2, -0.15) is 5.26 Å². The fourth-order valence-electron chi connectivity index (χ4n) is 1.91. The molecule has 120 valence electrons. The summed E-state index contributed by atoms with van der Waals surface area (Å²) in [5, 5.41) is 10.2. The third kappa shape index (κ3) is 3.81. The van der Waals surface area contributed by atoms with Crippen LogP contribution in [-0.4, -0.2) is 22.3 Å². The summed E-state index contributed by atoms with van der Waals surface area (Å²) in [6.45, 7) is 3.72. The molecular weight excluding hydrogens is 357 g/mol. The maximum Gasteiger partial charge on any atom is 0.270 e. The zero-order chi connectivity index (χ0) is 17.1. The molecule has 0 aliphatic carbocycles. The van der Waals surface area contributed by atoms with Crippen molar-refractivity contribution in [1.29, 1.82) is 5.26 Å². The lowest BCUT2D eigenvalue weighted by Gasteiger charge is -2.14. The van der Waals surface area contributed by atoms with Crippen LogP contribution in [0.25, 0.3) is 11.3 Å². The molecule has 0 amide bonds. The SMILES string of the molecule is CSc1nc(-c2cc(Cl)c(OC(C)C)c(Cl)c2)c(C#N)c(=O)[nH]1. The van der Waals surface area contributed by atoms with Gasteiger partial charge in [-0.3, -0.25) is 4.79 Å². The smallest absolute Gasteiger partial charge is 0.270 e. The van der Waals surface area contributed by atoms with E-state index in [0.717, 1.165) is 0 Å². The maximum absolute atomic E-state index is 12.0. The van der Waals surface area contributed by atoms with Gasteiger partial charge in [-0.25, -0.2) is 4.98 Å². The van der Waals surface area contributed by atoms with Crippen LogP contribution in [0.15, 0.2) is 22.1 Å². The first kappa shape index (κ1) is 17.7. The van der Waals surface area contributed by atoms with E-state index in [1.54, 1.807) is 18.4 Å². The first-order valence-corrected chi connectivity index (χ1v) is 8.60. The molecule has 0 atom stereocenters. The summed E-state index contributed by atoms with van der Waals surface area (Å²) in [4.78, 5) is 18.8. The quantitative estimate of drug-likeness (QED) is 0.647. The summed E-state index contributed by atoms with van der Waals surface area (Å²) in [5.74, 6) is 0.362. The molecule has 0 saturated carbocycles. The summed E-state index contributed by atoms with van der Waals surface area (Å²) >= 11 is 13.7. The van der Waals surface area contributed by atoms with Crippen LogP contribution in [0.1, 0.15) is 19.4 Å². The standard InChI is InChI=1S/C15H13Cl2N3O2S/c1-7(2)22-13-10(16)4-8(5-11(13)17)12-9(6-18)14(21)20-15(19-12)23-3/h4-5,7H,1-3H3,(H,19,20,21). The van der Waals surface area contributed by atoms with Crippen molar-refractivity contribution in [3.8, 4) is 23.1 Å². The minimum Gasteiger partial charge on any atom is -0.488 e. The number of ether oxygens (including phenoxy) is 1. The molecule has 1 N–H and O–H groups in total. The van der Waals surface area contributed by atoms with E-state index in [2.05, 4.69) is 9.97 Å². The first-order chi connectivity index (χ1) is 10.9. The predicted octanol–water partition coefficient (Wildman–Crippen LogP) is 4.12. The second kappa shape index (κ2) is 7.26. The van der Waals surface area contributed by atoms with Crippen molar-refractivity contribution in [2.75, 3.05) is 6.26 Å². The molecule has 23 heavy (non-hydrogen) atoms. The summed E-state index contributed by atoms with van der Waals surface area (Å²) in [6, 6.07) is 5.03. The average Bonchev–Trinajstić information content (AvgIpc) is 2.49. The predicted molar refractivity (Wildman–Crippen MR) is 92.6 cm³/mol. The van der Waals surface area contributed by atoms with E-state index < -0.39 is 5.56 Å². The van der Waals surface area contributed by atoms with E-state index in [4.69, 9.17) is 27.9 Å². The number of hydrogen-bond donors (Lipinski definition) is 1. The van der Waals surface area contributed by atoms with Crippen LogP contribution in [0.4, 0.5) is 0 Å². The molecule has 1 heterocycles.